The Balaban J connectivity index is 1.48. The van der Waals surface area contributed by atoms with Crippen LogP contribution in [0.3, 0.4) is 0 Å². The van der Waals surface area contributed by atoms with Gasteiger partial charge >= 0.3 is 0 Å². The first-order valence-corrected chi connectivity index (χ1v) is 11.8. The number of benzene rings is 2. The van der Waals surface area contributed by atoms with Gasteiger partial charge in [-0.1, -0.05) is 0 Å². The number of carbonyl (C=O) groups is 1. The number of amides is 1. The maximum atomic E-state index is 12.6. The summed E-state index contributed by atoms with van der Waals surface area (Å²) in [5, 5.41) is 9.49. The molecule has 3 heterocycles. The van der Waals surface area contributed by atoms with E-state index in [1.165, 1.54) is 0 Å². The largest absolute Gasteiger partial charge is 0.490 e. The normalized spacial score (nSPS) is 16.4. The van der Waals surface area contributed by atoms with Crippen LogP contribution in [0.25, 0.3) is 11.3 Å². The fourth-order valence-electron chi connectivity index (χ4n) is 3.88. The van der Waals surface area contributed by atoms with Crippen LogP contribution in [0, 0.1) is 0 Å². The quantitative estimate of drug-likeness (QED) is 0.530. The van der Waals surface area contributed by atoms with Crippen molar-refractivity contribution in [3.8, 4) is 17.0 Å². The summed E-state index contributed by atoms with van der Waals surface area (Å²) in [5.41, 5.74) is 4.94. The summed E-state index contributed by atoms with van der Waals surface area (Å²) >= 11 is 0. The summed E-state index contributed by atoms with van der Waals surface area (Å²) in [6.45, 7) is 1.67. The van der Waals surface area contributed by atoms with Crippen LogP contribution < -0.4 is 20.7 Å². The molecular weight excluding hydrogens is 430 g/mol. The lowest BCUT2D eigenvalue weighted by Crippen LogP contribution is -2.24. The number of ether oxygens (including phenoxy) is 2. The second-order valence-corrected chi connectivity index (χ2v) is 8.56. The van der Waals surface area contributed by atoms with E-state index >= 15 is 0 Å². The van der Waals surface area contributed by atoms with Gasteiger partial charge in [-0.3, -0.25) is 4.79 Å². The molecule has 6 rings (SSSR count). The molecule has 2 aliphatic heterocycles. The topological polar surface area (TPSA) is 97.4 Å². The molecule has 0 atom stereocenters. The molecule has 3 N–H and O–H groups in total. The van der Waals surface area contributed by atoms with E-state index in [0.29, 0.717) is 37.4 Å². The van der Waals surface area contributed by atoms with Gasteiger partial charge in [0.05, 0.1) is 18.4 Å². The van der Waals surface area contributed by atoms with Gasteiger partial charge in [0.15, 0.2) is 0 Å². The average molecular weight is 460 g/mol. The van der Waals surface area contributed by atoms with Crippen LogP contribution in [0.1, 0.15) is 41.6 Å². The Labute approximate surface area is 199 Å². The van der Waals surface area contributed by atoms with Gasteiger partial charge in [-0.2, -0.15) is 0 Å². The van der Waals surface area contributed by atoms with Crippen molar-refractivity contribution in [3.63, 3.8) is 0 Å². The summed E-state index contributed by atoms with van der Waals surface area (Å²) < 4.78 is 12.0. The molecule has 3 aromatic rings. The van der Waals surface area contributed by atoms with Crippen molar-refractivity contribution < 1.29 is 14.3 Å². The molecule has 0 unspecified atom stereocenters. The van der Waals surface area contributed by atoms with Crippen LogP contribution in [-0.2, 0) is 11.3 Å². The Bertz CT molecular complexity index is 1180. The monoisotopic (exact) mass is 459 g/mol. The van der Waals surface area contributed by atoms with E-state index in [-0.39, 0.29) is 5.91 Å². The van der Waals surface area contributed by atoms with Gasteiger partial charge in [0, 0.05) is 54.5 Å². The van der Waals surface area contributed by atoms with Crippen molar-refractivity contribution in [2.45, 2.75) is 38.4 Å². The highest BCUT2D eigenvalue weighted by molar-refractivity contribution is 5.96. The van der Waals surface area contributed by atoms with Gasteiger partial charge in [-0.05, 0) is 68.1 Å². The third kappa shape index (κ3) is 5.28. The van der Waals surface area contributed by atoms with Crippen molar-refractivity contribution in [1.82, 2.24) is 15.3 Å². The number of fused-ring (bicyclic) bond motifs is 9. The van der Waals surface area contributed by atoms with Gasteiger partial charge in [-0.15, -0.1) is 0 Å². The van der Waals surface area contributed by atoms with Crippen molar-refractivity contribution >= 4 is 23.2 Å². The van der Waals surface area contributed by atoms with Crippen molar-refractivity contribution in [2.75, 3.05) is 30.8 Å². The Kier molecular flexibility index (Phi) is 6.58. The van der Waals surface area contributed by atoms with Gasteiger partial charge in [0.2, 0.25) is 5.95 Å². The number of nitrogens with zero attached hydrogens (tertiary/aromatic N) is 2. The third-order valence-corrected chi connectivity index (χ3v) is 5.88. The average Bonchev–Trinajstić information content (AvgIpc) is 3.68. The highest BCUT2D eigenvalue weighted by Gasteiger charge is 2.24. The van der Waals surface area contributed by atoms with Gasteiger partial charge in [-0.25, -0.2) is 9.97 Å². The van der Waals surface area contributed by atoms with Gasteiger partial charge in [0.25, 0.3) is 5.91 Å². The molecule has 8 heteroatoms. The van der Waals surface area contributed by atoms with Crippen LogP contribution in [0.4, 0.5) is 17.3 Å². The summed E-state index contributed by atoms with van der Waals surface area (Å²) in [6, 6.07) is 13.4. The third-order valence-electron chi connectivity index (χ3n) is 5.88. The van der Waals surface area contributed by atoms with Crippen LogP contribution in [-0.4, -0.2) is 42.2 Å². The zero-order valence-electron chi connectivity index (χ0n) is 19.3. The molecule has 2 aromatic carbocycles. The predicted octanol–water partition coefficient (Wildman–Crippen LogP) is 4.51. The van der Waals surface area contributed by atoms with E-state index in [1.807, 2.05) is 49.5 Å². The number of aromatic nitrogens is 2. The molecule has 0 spiro atoms. The minimum absolute atomic E-state index is 0.0928. The lowest BCUT2D eigenvalue weighted by molar-refractivity contribution is 0.0945. The molecular formula is C26H29N5O3. The van der Waals surface area contributed by atoms with Crippen molar-refractivity contribution in [2.24, 2.45) is 0 Å². The van der Waals surface area contributed by atoms with E-state index in [1.54, 1.807) is 6.20 Å². The lowest BCUT2D eigenvalue weighted by Gasteiger charge is -2.14. The molecule has 1 aliphatic carbocycles. The minimum Gasteiger partial charge on any atom is -0.490 e. The van der Waals surface area contributed by atoms with Gasteiger partial charge < -0.3 is 25.4 Å². The van der Waals surface area contributed by atoms with Crippen LogP contribution in [0.2, 0.25) is 0 Å². The first-order chi connectivity index (χ1) is 16.7. The number of nitrogens with one attached hydrogen (secondary N) is 3. The fraction of sp³-hybridized carbons (Fsp3) is 0.346. The van der Waals surface area contributed by atoms with Gasteiger partial charge in [0.1, 0.15) is 5.75 Å². The second kappa shape index (κ2) is 10.1. The number of anilines is 3. The molecule has 1 saturated carbocycles. The van der Waals surface area contributed by atoms with E-state index in [4.69, 9.17) is 14.5 Å². The zero-order chi connectivity index (χ0) is 23.3. The van der Waals surface area contributed by atoms with Crippen LogP contribution >= 0.6 is 0 Å². The standard InChI is InChI=1S/C26H29N5O3/c1-27-23-15-17-4-8-21(23)22-10-12-29-26(31-22)30-19-5-9-24(34-20-6-7-20)18(14-19)16-33-13-3-2-11-28-25(17)32/h4-5,8-10,12,14-15,20,27H,2-3,6-7,11,13,16H2,1H3,(H,28,32)(H,29,30,31). The number of carbonyl (C=O) groups excluding carboxylic acids is 1. The van der Waals surface area contributed by atoms with E-state index in [2.05, 4.69) is 20.9 Å². The molecule has 1 amide bonds. The molecule has 1 aromatic heterocycles. The zero-order valence-corrected chi connectivity index (χ0v) is 19.3. The van der Waals surface area contributed by atoms with Crippen molar-refractivity contribution in [1.29, 1.82) is 0 Å². The molecule has 0 saturated heterocycles. The summed E-state index contributed by atoms with van der Waals surface area (Å²) in [5.74, 6) is 1.26. The smallest absolute Gasteiger partial charge is 0.251 e. The number of rotatable bonds is 3. The molecule has 0 radical (unpaired) electrons. The lowest BCUT2D eigenvalue weighted by atomic mass is 10.1. The highest BCUT2D eigenvalue weighted by atomic mass is 16.5. The van der Waals surface area contributed by atoms with E-state index in [0.717, 1.165) is 59.6 Å². The molecule has 3 aliphatic rings. The number of hydrogen-bond acceptors (Lipinski definition) is 7. The SMILES string of the molecule is CNc1cc2ccc1-c1ccnc(n1)Nc1ccc(OC3CC3)c(c1)COCCCCNC2=O. The van der Waals surface area contributed by atoms with Crippen LogP contribution in [0.15, 0.2) is 48.7 Å². The molecule has 8 nitrogen and oxygen atoms in total. The Morgan fingerprint density at radius 3 is 2.88 bits per heavy atom. The summed E-state index contributed by atoms with van der Waals surface area (Å²) in [4.78, 5) is 21.7. The Morgan fingerprint density at radius 1 is 1.12 bits per heavy atom. The highest BCUT2D eigenvalue weighted by Crippen LogP contribution is 2.32. The first kappa shape index (κ1) is 22.2. The van der Waals surface area contributed by atoms with Crippen molar-refractivity contribution in [3.05, 3.63) is 59.8 Å². The minimum atomic E-state index is -0.0928. The molecule has 6 bridgehead atoms. The Morgan fingerprint density at radius 2 is 2.03 bits per heavy atom. The predicted molar refractivity (Wildman–Crippen MR) is 132 cm³/mol. The maximum absolute atomic E-state index is 12.6. The molecule has 1 fully saturated rings. The maximum Gasteiger partial charge on any atom is 0.251 e. The van der Waals surface area contributed by atoms with E-state index < -0.39 is 0 Å². The molecule has 34 heavy (non-hydrogen) atoms. The Hall–Kier alpha value is -3.65. The number of hydrogen-bond donors (Lipinski definition) is 3. The van der Waals surface area contributed by atoms with Crippen LogP contribution in [0.5, 0.6) is 5.75 Å². The van der Waals surface area contributed by atoms with E-state index in [9.17, 15) is 4.79 Å². The fourth-order valence-corrected chi connectivity index (χ4v) is 3.88. The summed E-state index contributed by atoms with van der Waals surface area (Å²) in [6.07, 6.45) is 5.93. The summed E-state index contributed by atoms with van der Waals surface area (Å²) in [7, 11) is 1.84. The second-order valence-electron chi connectivity index (χ2n) is 8.56. The first-order valence-electron chi connectivity index (χ1n) is 11.8. The molecule has 176 valence electrons.